The van der Waals surface area contributed by atoms with Crippen molar-refractivity contribution in [2.24, 2.45) is 5.73 Å². The van der Waals surface area contributed by atoms with Crippen LogP contribution in [0, 0.1) is 0 Å². The van der Waals surface area contributed by atoms with Crippen molar-refractivity contribution >= 4 is 40.4 Å². The second-order valence-electron chi connectivity index (χ2n) is 3.96. The van der Waals surface area contributed by atoms with Gasteiger partial charge in [-0.05, 0) is 29.8 Å². The molecular formula is C14H11Cl2NOS. The summed E-state index contributed by atoms with van der Waals surface area (Å²) in [5.74, 6) is 0.623. The first-order valence-corrected chi connectivity index (χ1v) is 6.68. The molecule has 0 aliphatic rings. The average Bonchev–Trinajstić information content (AvgIpc) is 2.35. The van der Waals surface area contributed by atoms with Gasteiger partial charge in [0.25, 0.3) is 0 Å². The molecule has 0 heterocycles. The van der Waals surface area contributed by atoms with Crippen molar-refractivity contribution < 1.29 is 4.74 Å². The molecule has 0 atom stereocenters. The third-order valence-electron chi connectivity index (χ3n) is 2.45. The smallest absolute Gasteiger partial charge is 0.122 e. The van der Waals surface area contributed by atoms with Gasteiger partial charge in [0.2, 0.25) is 0 Å². The number of ether oxygens (including phenoxy) is 1. The molecule has 0 amide bonds. The monoisotopic (exact) mass is 311 g/mol. The largest absolute Gasteiger partial charge is 0.489 e. The van der Waals surface area contributed by atoms with Crippen molar-refractivity contribution in [1.29, 1.82) is 0 Å². The highest BCUT2D eigenvalue weighted by molar-refractivity contribution is 7.80. The maximum Gasteiger partial charge on any atom is 0.122 e. The highest BCUT2D eigenvalue weighted by Crippen LogP contribution is 2.24. The lowest BCUT2D eigenvalue weighted by molar-refractivity contribution is 0.306. The van der Waals surface area contributed by atoms with E-state index in [0.29, 0.717) is 27.4 Å². The van der Waals surface area contributed by atoms with Crippen LogP contribution >= 0.6 is 35.4 Å². The van der Waals surface area contributed by atoms with Crippen LogP contribution in [0.5, 0.6) is 5.75 Å². The lowest BCUT2D eigenvalue weighted by Crippen LogP contribution is -2.09. The number of thiocarbonyl (C=S) groups is 1. The molecule has 5 heteroatoms. The van der Waals surface area contributed by atoms with Gasteiger partial charge in [0.05, 0.1) is 0 Å². The Morgan fingerprint density at radius 3 is 2.42 bits per heavy atom. The third kappa shape index (κ3) is 4.10. The molecule has 19 heavy (non-hydrogen) atoms. The summed E-state index contributed by atoms with van der Waals surface area (Å²) >= 11 is 16.7. The SMILES string of the molecule is NC(=S)c1cccc(COc2cc(Cl)cc(Cl)c2)c1. The van der Waals surface area contributed by atoms with E-state index >= 15 is 0 Å². The van der Waals surface area contributed by atoms with E-state index in [-0.39, 0.29) is 0 Å². The van der Waals surface area contributed by atoms with Crippen molar-refractivity contribution in [2.45, 2.75) is 6.61 Å². The Hall–Kier alpha value is -1.29. The normalized spacial score (nSPS) is 10.2. The molecule has 0 radical (unpaired) electrons. The first-order chi connectivity index (χ1) is 9.04. The fourth-order valence-corrected chi connectivity index (χ4v) is 2.23. The molecule has 0 aliphatic carbocycles. The molecule has 0 unspecified atom stereocenters. The zero-order valence-electron chi connectivity index (χ0n) is 9.90. The van der Waals surface area contributed by atoms with E-state index in [1.807, 2.05) is 24.3 Å². The summed E-state index contributed by atoms with van der Waals surface area (Å²) in [7, 11) is 0. The average molecular weight is 312 g/mol. The predicted molar refractivity (Wildman–Crippen MR) is 83.1 cm³/mol. The fraction of sp³-hybridized carbons (Fsp3) is 0.0714. The Balaban J connectivity index is 2.10. The summed E-state index contributed by atoms with van der Waals surface area (Å²) in [5.41, 5.74) is 7.38. The molecule has 0 saturated heterocycles. The molecule has 2 aromatic carbocycles. The summed E-state index contributed by atoms with van der Waals surface area (Å²) in [6.45, 7) is 0.396. The molecule has 2 aromatic rings. The second kappa shape index (κ2) is 6.24. The molecule has 2 rings (SSSR count). The van der Waals surface area contributed by atoms with E-state index in [2.05, 4.69) is 0 Å². The maximum absolute atomic E-state index is 5.90. The summed E-state index contributed by atoms with van der Waals surface area (Å²) in [5, 5.41) is 1.08. The Labute approximate surface area is 127 Å². The van der Waals surface area contributed by atoms with Gasteiger partial charge in [0.15, 0.2) is 0 Å². The first kappa shape index (κ1) is 14.1. The van der Waals surface area contributed by atoms with Crippen molar-refractivity contribution in [1.82, 2.24) is 0 Å². The minimum absolute atomic E-state index is 0.368. The van der Waals surface area contributed by atoms with Crippen LogP contribution in [0.3, 0.4) is 0 Å². The van der Waals surface area contributed by atoms with Crippen molar-refractivity contribution in [3.05, 3.63) is 63.6 Å². The van der Waals surface area contributed by atoms with Gasteiger partial charge in [-0.3, -0.25) is 0 Å². The zero-order chi connectivity index (χ0) is 13.8. The van der Waals surface area contributed by atoms with Crippen LogP contribution in [-0.2, 0) is 6.61 Å². The molecule has 0 bridgehead atoms. The molecule has 2 N–H and O–H groups in total. The molecule has 0 aromatic heterocycles. The maximum atomic E-state index is 5.90. The quantitative estimate of drug-likeness (QED) is 0.859. The van der Waals surface area contributed by atoms with E-state index in [1.165, 1.54) is 0 Å². The van der Waals surface area contributed by atoms with Crippen molar-refractivity contribution in [2.75, 3.05) is 0 Å². The van der Waals surface area contributed by atoms with E-state index in [4.69, 9.17) is 45.9 Å². The standard InChI is InChI=1S/C14H11Cl2NOS/c15-11-5-12(16)7-13(6-11)18-8-9-2-1-3-10(4-9)14(17)19/h1-7H,8H2,(H2,17,19). The van der Waals surface area contributed by atoms with Gasteiger partial charge >= 0.3 is 0 Å². The number of rotatable bonds is 4. The van der Waals surface area contributed by atoms with Gasteiger partial charge in [0.1, 0.15) is 17.3 Å². The van der Waals surface area contributed by atoms with Gasteiger partial charge in [-0.1, -0.05) is 53.6 Å². The molecular weight excluding hydrogens is 301 g/mol. The predicted octanol–water partition coefficient (Wildman–Crippen LogP) is 4.21. The van der Waals surface area contributed by atoms with Crippen LogP contribution in [0.4, 0.5) is 0 Å². The number of hydrogen-bond donors (Lipinski definition) is 1. The molecule has 0 aliphatic heterocycles. The van der Waals surface area contributed by atoms with Crippen molar-refractivity contribution in [3.63, 3.8) is 0 Å². The van der Waals surface area contributed by atoms with E-state index < -0.39 is 0 Å². The number of benzene rings is 2. The summed E-state index contributed by atoms with van der Waals surface area (Å²) in [6.07, 6.45) is 0. The van der Waals surface area contributed by atoms with E-state index in [0.717, 1.165) is 11.1 Å². The van der Waals surface area contributed by atoms with E-state index in [9.17, 15) is 0 Å². The lowest BCUT2D eigenvalue weighted by Gasteiger charge is -2.08. The number of nitrogens with two attached hydrogens (primary N) is 1. The Kier molecular flexibility index (Phi) is 4.64. The second-order valence-corrected chi connectivity index (χ2v) is 5.27. The van der Waals surface area contributed by atoms with Crippen LogP contribution in [0.2, 0.25) is 10.0 Å². The zero-order valence-corrected chi connectivity index (χ0v) is 12.2. The molecule has 98 valence electrons. The lowest BCUT2D eigenvalue weighted by atomic mass is 10.1. The fourth-order valence-electron chi connectivity index (χ4n) is 1.59. The first-order valence-electron chi connectivity index (χ1n) is 5.52. The highest BCUT2D eigenvalue weighted by atomic mass is 35.5. The van der Waals surface area contributed by atoms with Crippen molar-refractivity contribution in [3.8, 4) is 5.75 Å². The van der Waals surface area contributed by atoms with Gasteiger partial charge in [0, 0.05) is 15.6 Å². The molecule has 2 nitrogen and oxygen atoms in total. The van der Waals surface area contributed by atoms with Gasteiger partial charge in [-0.25, -0.2) is 0 Å². The third-order valence-corrected chi connectivity index (χ3v) is 3.13. The summed E-state index contributed by atoms with van der Waals surface area (Å²) < 4.78 is 5.64. The van der Waals surface area contributed by atoms with E-state index in [1.54, 1.807) is 18.2 Å². The molecule has 0 fully saturated rings. The highest BCUT2D eigenvalue weighted by Gasteiger charge is 2.02. The van der Waals surface area contributed by atoms with Crippen LogP contribution in [0.15, 0.2) is 42.5 Å². The summed E-state index contributed by atoms with van der Waals surface area (Å²) in [6, 6.07) is 12.7. The van der Waals surface area contributed by atoms with Crippen LogP contribution in [0.1, 0.15) is 11.1 Å². The van der Waals surface area contributed by atoms with Crippen LogP contribution in [0.25, 0.3) is 0 Å². The number of hydrogen-bond acceptors (Lipinski definition) is 2. The Morgan fingerprint density at radius 2 is 1.79 bits per heavy atom. The minimum atomic E-state index is 0.368. The molecule has 0 spiro atoms. The van der Waals surface area contributed by atoms with Crippen LogP contribution < -0.4 is 10.5 Å². The molecule has 0 saturated carbocycles. The Bertz CT molecular complexity index is 596. The van der Waals surface area contributed by atoms with Gasteiger partial charge < -0.3 is 10.5 Å². The topological polar surface area (TPSA) is 35.2 Å². The minimum Gasteiger partial charge on any atom is -0.489 e. The van der Waals surface area contributed by atoms with Crippen LogP contribution in [-0.4, -0.2) is 4.99 Å². The van der Waals surface area contributed by atoms with Gasteiger partial charge in [-0.15, -0.1) is 0 Å². The Morgan fingerprint density at radius 1 is 1.11 bits per heavy atom. The number of halogens is 2. The van der Waals surface area contributed by atoms with Gasteiger partial charge in [-0.2, -0.15) is 0 Å². The summed E-state index contributed by atoms with van der Waals surface area (Å²) in [4.78, 5) is 0.368.